The van der Waals surface area contributed by atoms with E-state index in [-0.39, 0.29) is 23.3 Å². The standard InChI is InChI=1S/C21H26N2O4S2/c1-3-27-17-10-12-18(13-11-17)29(25,26)23-14-6-7-16(15-23)21(24)22-19-8-4-5-9-20(19)28-2/h4-5,8-13,16H,3,6-7,14-15H2,1-2H3,(H,22,24)/t16-/m0/s1. The summed E-state index contributed by atoms with van der Waals surface area (Å²) < 4.78 is 32.9. The highest BCUT2D eigenvalue weighted by Gasteiger charge is 2.33. The Balaban J connectivity index is 1.71. The van der Waals surface area contributed by atoms with Crippen molar-refractivity contribution in [3.63, 3.8) is 0 Å². The first-order valence-corrected chi connectivity index (χ1v) is 12.3. The average molecular weight is 435 g/mol. The molecule has 1 aliphatic heterocycles. The van der Waals surface area contributed by atoms with Crippen LogP contribution in [0.5, 0.6) is 5.75 Å². The molecule has 0 unspecified atom stereocenters. The molecule has 156 valence electrons. The number of benzene rings is 2. The summed E-state index contributed by atoms with van der Waals surface area (Å²) in [7, 11) is -3.65. The van der Waals surface area contributed by atoms with Gasteiger partial charge in [0.05, 0.1) is 23.1 Å². The monoisotopic (exact) mass is 434 g/mol. The van der Waals surface area contributed by atoms with E-state index in [9.17, 15) is 13.2 Å². The van der Waals surface area contributed by atoms with E-state index < -0.39 is 10.0 Å². The molecule has 2 aromatic carbocycles. The zero-order valence-electron chi connectivity index (χ0n) is 16.6. The van der Waals surface area contributed by atoms with E-state index in [0.717, 1.165) is 10.6 Å². The molecule has 0 aliphatic carbocycles. The van der Waals surface area contributed by atoms with Crippen LogP contribution in [0.3, 0.4) is 0 Å². The van der Waals surface area contributed by atoms with E-state index in [1.54, 1.807) is 36.0 Å². The number of ether oxygens (including phenoxy) is 1. The molecule has 6 nitrogen and oxygen atoms in total. The summed E-state index contributed by atoms with van der Waals surface area (Å²) in [6.45, 7) is 3.00. The number of rotatable bonds is 7. The van der Waals surface area contributed by atoms with Gasteiger partial charge in [-0.15, -0.1) is 11.8 Å². The average Bonchev–Trinajstić information content (AvgIpc) is 2.75. The molecule has 3 rings (SSSR count). The molecule has 1 saturated heterocycles. The molecular formula is C21H26N2O4S2. The highest BCUT2D eigenvalue weighted by atomic mass is 32.2. The summed E-state index contributed by atoms with van der Waals surface area (Å²) in [6, 6.07) is 14.0. The SMILES string of the molecule is CCOc1ccc(S(=O)(=O)N2CCC[C@H](C(=O)Nc3ccccc3SC)C2)cc1. The molecule has 0 saturated carbocycles. The van der Waals surface area contributed by atoms with Gasteiger partial charge in [0, 0.05) is 18.0 Å². The second kappa shape index (κ2) is 9.65. The number of sulfonamides is 1. The minimum Gasteiger partial charge on any atom is -0.494 e. The van der Waals surface area contributed by atoms with Crippen LogP contribution in [0.4, 0.5) is 5.69 Å². The van der Waals surface area contributed by atoms with Gasteiger partial charge in [0.25, 0.3) is 0 Å². The molecule has 0 radical (unpaired) electrons. The first-order chi connectivity index (χ1) is 14.0. The number of thioether (sulfide) groups is 1. The van der Waals surface area contributed by atoms with Crippen molar-refractivity contribution < 1.29 is 17.9 Å². The number of para-hydroxylation sites is 1. The van der Waals surface area contributed by atoms with E-state index in [4.69, 9.17) is 4.74 Å². The number of nitrogens with zero attached hydrogens (tertiary/aromatic N) is 1. The number of carbonyl (C=O) groups is 1. The highest BCUT2D eigenvalue weighted by molar-refractivity contribution is 7.98. The zero-order chi connectivity index (χ0) is 20.9. The van der Waals surface area contributed by atoms with Gasteiger partial charge in [0.2, 0.25) is 15.9 Å². The van der Waals surface area contributed by atoms with Crippen LogP contribution in [-0.2, 0) is 14.8 Å². The molecule has 1 aliphatic rings. The minimum atomic E-state index is -3.65. The molecule has 2 aromatic rings. The Bertz CT molecular complexity index is 945. The van der Waals surface area contributed by atoms with E-state index in [2.05, 4.69) is 5.32 Å². The fourth-order valence-corrected chi connectivity index (χ4v) is 5.46. The summed E-state index contributed by atoms with van der Waals surface area (Å²) in [5.41, 5.74) is 0.761. The van der Waals surface area contributed by atoms with Crippen molar-refractivity contribution in [2.24, 2.45) is 5.92 Å². The van der Waals surface area contributed by atoms with Crippen molar-refractivity contribution in [2.75, 3.05) is 31.3 Å². The predicted octanol–water partition coefficient (Wildman–Crippen LogP) is 3.85. The van der Waals surface area contributed by atoms with Crippen LogP contribution in [0, 0.1) is 5.92 Å². The Labute approximate surface area is 176 Å². The Morgan fingerprint density at radius 1 is 1.21 bits per heavy atom. The van der Waals surface area contributed by atoms with Gasteiger partial charge in [-0.25, -0.2) is 8.42 Å². The Kier molecular flexibility index (Phi) is 7.21. The molecule has 1 amide bonds. The van der Waals surface area contributed by atoms with E-state index in [0.29, 0.717) is 31.7 Å². The van der Waals surface area contributed by atoms with Crippen LogP contribution >= 0.6 is 11.8 Å². The lowest BCUT2D eigenvalue weighted by atomic mass is 9.99. The first kappa shape index (κ1) is 21.7. The van der Waals surface area contributed by atoms with Gasteiger partial charge in [-0.05, 0) is 62.4 Å². The maximum Gasteiger partial charge on any atom is 0.243 e. The fourth-order valence-electron chi connectivity index (χ4n) is 3.38. The van der Waals surface area contributed by atoms with Crippen molar-refractivity contribution >= 4 is 33.4 Å². The van der Waals surface area contributed by atoms with Crippen LogP contribution < -0.4 is 10.1 Å². The smallest absolute Gasteiger partial charge is 0.243 e. The number of hydrogen-bond acceptors (Lipinski definition) is 5. The van der Waals surface area contributed by atoms with Gasteiger partial charge < -0.3 is 10.1 Å². The molecule has 0 spiro atoms. The van der Waals surface area contributed by atoms with Crippen molar-refractivity contribution in [1.82, 2.24) is 4.31 Å². The Morgan fingerprint density at radius 3 is 2.62 bits per heavy atom. The molecule has 8 heteroatoms. The molecule has 29 heavy (non-hydrogen) atoms. The number of carbonyl (C=O) groups excluding carboxylic acids is 1. The highest BCUT2D eigenvalue weighted by Crippen LogP contribution is 2.28. The fraction of sp³-hybridized carbons (Fsp3) is 0.381. The third-order valence-corrected chi connectivity index (χ3v) is 7.57. The van der Waals surface area contributed by atoms with Crippen LogP contribution in [-0.4, -0.2) is 44.6 Å². The van der Waals surface area contributed by atoms with Gasteiger partial charge in [0.1, 0.15) is 5.75 Å². The second-order valence-electron chi connectivity index (χ2n) is 6.80. The normalized spacial score (nSPS) is 17.7. The number of nitrogens with one attached hydrogen (secondary N) is 1. The maximum absolute atomic E-state index is 13.0. The molecule has 1 fully saturated rings. The predicted molar refractivity (Wildman–Crippen MR) is 116 cm³/mol. The van der Waals surface area contributed by atoms with E-state index in [1.165, 1.54) is 4.31 Å². The first-order valence-electron chi connectivity index (χ1n) is 9.62. The van der Waals surface area contributed by atoms with Gasteiger partial charge >= 0.3 is 0 Å². The van der Waals surface area contributed by atoms with Crippen molar-refractivity contribution in [2.45, 2.75) is 29.6 Å². The summed E-state index contributed by atoms with van der Waals surface area (Å²) in [5, 5.41) is 2.97. The second-order valence-corrected chi connectivity index (χ2v) is 9.58. The third kappa shape index (κ3) is 5.12. The molecule has 1 N–H and O–H groups in total. The number of hydrogen-bond donors (Lipinski definition) is 1. The third-order valence-electron chi connectivity index (χ3n) is 4.89. The van der Waals surface area contributed by atoms with Crippen LogP contribution in [0.2, 0.25) is 0 Å². The van der Waals surface area contributed by atoms with Gasteiger partial charge in [-0.1, -0.05) is 12.1 Å². The Hall–Kier alpha value is -2.03. The van der Waals surface area contributed by atoms with Crippen LogP contribution in [0.1, 0.15) is 19.8 Å². The van der Waals surface area contributed by atoms with Gasteiger partial charge in [-0.3, -0.25) is 4.79 Å². The number of anilines is 1. The molecule has 0 aromatic heterocycles. The summed E-state index contributed by atoms with van der Waals surface area (Å²) >= 11 is 1.56. The summed E-state index contributed by atoms with van der Waals surface area (Å²) in [6.07, 6.45) is 3.28. The topological polar surface area (TPSA) is 75.7 Å². The lowest BCUT2D eigenvalue weighted by Gasteiger charge is -2.31. The zero-order valence-corrected chi connectivity index (χ0v) is 18.3. The van der Waals surface area contributed by atoms with E-state index in [1.807, 2.05) is 37.4 Å². The van der Waals surface area contributed by atoms with Gasteiger partial charge in [-0.2, -0.15) is 4.31 Å². The minimum absolute atomic E-state index is 0.141. The van der Waals surface area contributed by atoms with Crippen LogP contribution in [0.25, 0.3) is 0 Å². The van der Waals surface area contributed by atoms with Crippen molar-refractivity contribution in [1.29, 1.82) is 0 Å². The Morgan fingerprint density at radius 2 is 1.93 bits per heavy atom. The van der Waals surface area contributed by atoms with Crippen molar-refractivity contribution in [3.05, 3.63) is 48.5 Å². The quantitative estimate of drug-likeness (QED) is 0.670. The largest absolute Gasteiger partial charge is 0.494 e. The van der Waals surface area contributed by atoms with Gasteiger partial charge in [0.15, 0.2) is 0 Å². The molecule has 0 bridgehead atoms. The summed E-state index contributed by atoms with van der Waals surface area (Å²) in [4.78, 5) is 14.0. The number of amides is 1. The molecule has 1 atom stereocenters. The maximum atomic E-state index is 13.0. The lowest BCUT2D eigenvalue weighted by Crippen LogP contribution is -2.43. The number of piperidine rings is 1. The molecular weight excluding hydrogens is 408 g/mol. The lowest BCUT2D eigenvalue weighted by molar-refractivity contribution is -0.120. The van der Waals surface area contributed by atoms with E-state index >= 15 is 0 Å². The molecule has 1 heterocycles. The summed E-state index contributed by atoms with van der Waals surface area (Å²) in [5.74, 6) is 0.115. The van der Waals surface area contributed by atoms with Crippen LogP contribution in [0.15, 0.2) is 58.3 Å². The van der Waals surface area contributed by atoms with Crippen molar-refractivity contribution in [3.8, 4) is 5.75 Å².